The zero-order chi connectivity index (χ0) is 37.1. The van der Waals surface area contributed by atoms with Crippen molar-refractivity contribution in [3.8, 4) is 17.1 Å². The van der Waals surface area contributed by atoms with E-state index in [4.69, 9.17) is 9.47 Å². The number of fused-ring (bicyclic) bond motifs is 2. The van der Waals surface area contributed by atoms with E-state index in [0.717, 1.165) is 17.1 Å². The van der Waals surface area contributed by atoms with Gasteiger partial charge in [0.15, 0.2) is 0 Å². The molecular weight excluding hydrogens is 682 g/mol. The van der Waals surface area contributed by atoms with Gasteiger partial charge in [-0.2, -0.15) is 17.5 Å². The predicted molar refractivity (Wildman–Crippen MR) is 184 cm³/mol. The highest BCUT2D eigenvalue weighted by molar-refractivity contribution is 7.87. The molecule has 17 nitrogen and oxygen atoms in total. The molecule has 5 rings (SSSR count). The maximum Gasteiger partial charge on any atom is 0.408 e. The number of nitrogens with zero attached hydrogens (tertiary/aromatic N) is 6. The molecule has 278 valence electrons. The van der Waals surface area contributed by atoms with Crippen LogP contribution in [0.5, 0.6) is 5.75 Å². The molecule has 3 aliphatic rings. The first-order chi connectivity index (χ1) is 24.0. The standard InChI is InChI=1S/C33H47N9O8S/c1-32(2,3)50-31(46)34-25-13-11-9-7-8-10-12-22-19-33(22,30(45)38-51(47,48)40(4)5)35-28(43)26-18-23(20-41(26)29(25)44)42-37-27(36-39-42)21-14-16-24(49-6)17-15-21/h10,12,14-17,22-23,25-26H,7-9,11,13,18-20H2,1-6H3,(H,34,46)(H,35,43)(H,38,45)/b12-10-/t22-,23-,25-,26+,33+/m1/s1. The van der Waals surface area contributed by atoms with Gasteiger partial charge in [-0.15, -0.1) is 10.2 Å². The van der Waals surface area contributed by atoms with Crippen molar-refractivity contribution in [2.75, 3.05) is 27.7 Å². The first-order valence-electron chi connectivity index (χ1n) is 17.0. The van der Waals surface area contributed by atoms with Crippen molar-refractivity contribution in [1.82, 2.24) is 44.8 Å². The summed E-state index contributed by atoms with van der Waals surface area (Å²) in [7, 11) is -0.0270. The highest BCUT2D eigenvalue weighted by atomic mass is 32.2. The lowest BCUT2D eigenvalue weighted by Crippen LogP contribution is -2.58. The Morgan fingerprint density at radius 1 is 1.10 bits per heavy atom. The number of allylic oxidation sites excluding steroid dienone is 1. The Labute approximate surface area is 297 Å². The van der Waals surface area contributed by atoms with Gasteiger partial charge >= 0.3 is 16.3 Å². The molecule has 4 amide bonds. The highest BCUT2D eigenvalue weighted by Gasteiger charge is 2.61. The van der Waals surface area contributed by atoms with Crippen molar-refractivity contribution in [3.63, 3.8) is 0 Å². The van der Waals surface area contributed by atoms with Gasteiger partial charge in [-0.3, -0.25) is 14.4 Å². The molecule has 1 saturated heterocycles. The summed E-state index contributed by atoms with van der Waals surface area (Å²) < 4.78 is 38.9. The van der Waals surface area contributed by atoms with Crippen molar-refractivity contribution >= 4 is 34.0 Å². The maximum absolute atomic E-state index is 14.4. The normalized spacial score (nSPS) is 26.5. The smallest absolute Gasteiger partial charge is 0.408 e. The molecule has 1 saturated carbocycles. The molecule has 3 N–H and O–H groups in total. The van der Waals surface area contributed by atoms with Gasteiger partial charge in [-0.1, -0.05) is 25.0 Å². The molecule has 51 heavy (non-hydrogen) atoms. The summed E-state index contributed by atoms with van der Waals surface area (Å²) in [5.74, 6) is -1.51. The van der Waals surface area contributed by atoms with Crippen molar-refractivity contribution in [3.05, 3.63) is 36.4 Å². The van der Waals surface area contributed by atoms with E-state index in [1.54, 1.807) is 52.1 Å². The Balaban J connectivity index is 1.47. The molecule has 0 unspecified atom stereocenters. The van der Waals surface area contributed by atoms with Gasteiger partial charge < -0.3 is 25.0 Å². The summed E-state index contributed by atoms with van der Waals surface area (Å²) in [6.45, 7) is 5.15. The van der Waals surface area contributed by atoms with Crippen LogP contribution in [0.3, 0.4) is 0 Å². The Kier molecular flexibility index (Phi) is 11.0. The fraction of sp³-hybridized carbons (Fsp3) is 0.606. The number of methoxy groups -OCH3 is 1. The minimum atomic E-state index is -4.16. The van der Waals surface area contributed by atoms with Crippen LogP contribution in [0.2, 0.25) is 0 Å². The quantitative estimate of drug-likeness (QED) is 0.350. The Hall–Kier alpha value is -4.58. The van der Waals surface area contributed by atoms with Gasteiger partial charge in [0.25, 0.3) is 5.91 Å². The van der Waals surface area contributed by atoms with E-state index >= 15 is 0 Å². The topological polar surface area (TPSA) is 207 Å². The van der Waals surface area contributed by atoms with Gasteiger partial charge in [-0.25, -0.2) is 9.52 Å². The maximum atomic E-state index is 14.4. The van der Waals surface area contributed by atoms with Gasteiger partial charge in [0.05, 0.1) is 13.2 Å². The van der Waals surface area contributed by atoms with E-state index in [9.17, 15) is 27.6 Å². The first-order valence-corrected chi connectivity index (χ1v) is 18.4. The van der Waals surface area contributed by atoms with Crippen LogP contribution in [-0.2, 0) is 29.3 Å². The monoisotopic (exact) mass is 729 g/mol. The SMILES string of the molecule is COc1ccc(-c2nnn([C@@H]3C[C@H]4C(=O)N[C@@]5(C(=O)NS(=O)(=O)N(C)C)C[C@H]5/C=C\CCCCC[C@@H](NC(=O)OC(C)(C)C)C(=O)N4C3)n2)cc1. The lowest BCUT2D eigenvalue weighted by molar-refractivity contribution is -0.141. The van der Waals surface area contributed by atoms with Gasteiger partial charge in [0.2, 0.25) is 17.6 Å². The fourth-order valence-corrected chi connectivity index (χ4v) is 6.85. The third kappa shape index (κ3) is 8.84. The molecule has 1 aromatic carbocycles. The van der Waals surface area contributed by atoms with E-state index in [1.807, 2.05) is 12.2 Å². The number of hydrogen-bond donors (Lipinski definition) is 3. The van der Waals surface area contributed by atoms with Crippen LogP contribution in [0.4, 0.5) is 4.79 Å². The van der Waals surface area contributed by atoms with E-state index in [-0.39, 0.29) is 19.4 Å². The average Bonchev–Trinajstić information content (AvgIpc) is 3.37. The molecule has 3 heterocycles. The van der Waals surface area contributed by atoms with Crippen molar-refractivity contribution in [1.29, 1.82) is 0 Å². The molecule has 2 aliphatic heterocycles. The Morgan fingerprint density at radius 2 is 1.82 bits per heavy atom. The highest BCUT2D eigenvalue weighted by Crippen LogP contribution is 2.46. The van der Waals surface area contributed by atoms with Gasteiger partial charge in [0, 0.05) is 38.5 Å². The minimum Gasteiger partial charge on any atom is -0.497 e. The van der Waals surface area contributed by atoms with E-state index < -0.39 is 69.2 Å². The number of rotatable bonds is 7. The number of carbonyl (C=O) groups excluding carboxylic acids is 4. The number of carbonyl (C=O) groups is 4. The zero-order valence-electron chi connectivity index (χ0n) is 29.8. The summed E-state index contributed by atoms with van der Waals surface area (Å²) in [6.07, 6.45) is 6.34. The lowest BCUT2D eigenvalue weighted by atomic mass is 10.0. The summed E-state index contributed by atoms with van der Waals surface area (Å²) >= 11 is 0. The largest absolute Gasteiger partial charge is 0.497 e. The van der Waals surface area contributed by atoms with Crippen LogP contribution < -0.4 is 20.1 Å². The van der Waals surface area contributed by atoms with Crippen LogP contribution in [0.25, 0.3) is 11.4 Å². The molecule has 0 bridgehead atoms. The molecule has 1 aliphatic carbocycles. The molecule has 18 heteroatoms. The Bertz CT molecular complexity index is 1760. The van der Waals surface area contributed by atoms with Crippen molar-refractivity contribution in [2.24, 2.45) is 5.92 Å². The van der Waals surface area contributed by atoms with Crippen molar-refractivity contribution in [2.45, 2.75) is 95.0 Å². The van der Waals surface area contributed by atoms with E-state index in [0.29, 0.717) is 36.4 Å². The number of nitrogens with one attached hydrogen (secondary N) is 3. The average molecular weight is 730 g/mol. The lowest BCUT2D eigenvalue weighted by Gasteiger charge is -2.30. The fourth-order valence-electron chi connectivity index (χ4n) is 6.25. The number of aromatic nitrogens is 4. The molecule has 5 atom stereocenters. The third-order valence-electron chi connectivity index (χ3n) is 9.16. The minimum absolute atomic E-state index is 0.000628. The van der Waals surface area contributed by atoms with Gasteiger partial charge in [-0.05, 0) is 75.9 Å². The van der Waals surface area contributed by atoms with Crippen LogP contribution in [0.15, 0.2) is 36.4 Å². The number of benzene rings is 1. The van der Waals surface area contributed by atoms with E-state index in [1.165, 1.54) is 23.8 Å². The summed E-state index contributed by atoms with van der Waals surface area (Å²) in [4.78, 5) is 57.8. The molecule has 0 spiro atoms. The first kappa shape index (κ1) is 37.7. The number of tetrazole rings is 1. The zero-order valence-corrected chi connectivity index (χ0v) is 30.6. The van der Waals surface area contributed by atoms with Crippen LogP contribution in [0, 0.1) is 5.92 Å². The Morgan fingerprint density at radius 3 is 2.49 bits per heavy atom. The molecule has 2 fully saturated rings. The summed E-state index contributed by atoms with van der Waals surface area (Å²) in [5, 5.41) is 18.5. The number of ether oxygens (including phenoxy) is 2. The third-order valence-corrected chi connectivity index (χ3v) is 10.6. The van der Waals surface area contributed by atoms with Gasteiger partial charge in [0.1, 0.15) is 29.0 Å². The predicted octanol–water partition coefficient (Wildman–Crippen LogP) is 1.70. The van der Waals surface area contributed by atoms with Crippen LogP contribution in [0.1, 0.15) is 71.8 Å². The second-order valence-electron chi connectivity index (χ2n) is 14.3. The second kappa shape index (κ2) is 15.0. The summed E-state index contributed by atoms with van der Waals surface area (Å²) in [5.41, 5.74) is -1.68. The number of alkyl carbamates (subject to hydrolysis) is 1. The molecule has 2 aromatic rings. The van der Waals surface area contributed by atoms with Crippen molar-refractivity contribution < 1.29 is 37.1 Å². The van der Waals surface area contributed by atoms with E-state index in [2.05, 4.69) is 30.8 Å². The summed E-state index contributed by atoms with van der Waals surface area (Å²) in [6, 6.07) is 4.36. The number of hydrogen-bond acceptors (Lipinski definition) is 11. The second-order valence-corrected chi connectivity index (χ2v) is 16.2. The van der Waals surface area contributed by atoms with Crippen LogP contribution in [-0.4, -0.2) is 113 Å². The molecule has 1 aromatic heterocycles. The number of amides is 4. The molecule has 0 radical (unpaired) electrons. The molecular formula is C33H47N9O8S. The van der Waals surface area contributed by atoms with Crippen LogP contribution >= 0.6 is 0 Å².